The molecule has 8 heteroatoms. The van der Waals surface area contributed by atoms with Crippen LogP contribution in [0.25, 0.3) is 0 Å². The molecule has 0 saturated carbocycles. The van der Waals surface area contributed by atoms with E-state index in [1.54, 1.807) is 13.3 Å². The standard InChI is InChI=1S/C23H25ClN4O2S/c1-14-12-17(15(2)26-14)22-21(19-6-4-5-9-25-19)27-23(31)28(22)16-7-8-20(18(24)13-16)30-11-10-29-3/h4-9,12-13,21-22,26H,10-11H2,1-3H3,(H,27,31). The van der Waals surface area contributed by atoms with E-state index in [0.717, 1.165) is 28.3 Å². The van der Waals surface area contributed by atoms with Gasteiger partial charge in [0.1, 0.15) is 12.4 Å². The number of hydrogen-bond donors (Lipinski definition) is 2. The molecule has 3 aromatic rings. The number of anilines is 1. The first-order chi connectivity index (χ1) is 15.0. The molecule has 0 bridgehead atoms. The highest BCUT2D eigenvalue weighted by atomic mass is 35.5. The summed E-state index contributed by atoms with van der Waals surface area (Å²) >= 11 is 12.3. The monoisotopic (exact) mass is 456 g/mol. The molecule has 1 aliphatic rings. The summed E-state index contributed by atoms with van der Waals surface area (Å²) in [6.45, 7) is 5.07. The summed E-state index contributed by atoms with van der Waals surface area (Å²) in [5.41, 5.74) is 5.19. The molecule has 2 N–H and O–H groups in total. The Morgan fingerprint density at radius 1 is 1.16 bits per heavy atom. The molecule has 0 aliphatic carbocycles. The Balaban J connectivity index is 1.74. The van der Waals surface area contributed by atoms with Crippen molar-refractivity contribution in [3.05, 3.63) is 76.3 Å². The SMILES string of the molecule is COCCOc1ccc(N2C(=S)NC(c3ccccn3)C2c2cc(C)[nH]c2C)cc1Cl. The third kappa shape index (κ3) is 4.39. The summed E-state index contributed by atoms with van der Waals surface area (Å²) < 4.78 is 10.7. The fourth-order valence-electron chi connectivity index (χ4n) is 3.99. The molecule has 0 spiro atoms. The van der Waals surface area contributed by atoms with E-state index >= 15 is 0 Å². The lowest BCUT2D eigenvalue weighted by atomic mass is 9.96. The number of nitrogens with one attached hydrogen (secondary N) is 2. The number of aromatic nitrogens is 2. The zero-order chi connectivity index (χ0) is 22.0. The number of aryl methyl sites for hydroxylation is 2. The number of nitrogens with zero attached hydrogens (tertiary/aromatic N) is 2. The fourth-order valence-corrected chi connectivity index (χ4v) is 4.57. The van der Waals surface area contributed by atoms with E-state index in [9.17, 15) is 0 Å². The van der Waals surface area contributed by atoms with Crippen LogP contribution in [0.3, 0.4) is 0 Å². The molecule has 0 radical (unpaired) electrons. The molecule has 3 heterocycles. The Labute approximate surface area is 192 Å². The number of hydrogen-bond acceptors (Lipinski definition) is 4. The molecule has 1 saturated heterocycles. The largest absolute Gasteiger partial charge is 0.490 e. The zero-order valence-electron chi connectivity index (χ0n) is 17.7. The number of thiocarbonyl (C=S) groups is 1. The predicted molar refractivity (Wildman–Crippen MR) is 127 cm³/mol. The first kappa shape index (κ1) is 21.6. The Morgan fingerprint density at radius 2 is 2.00 bits per heavy atom. The molecule has 1 aliphatic heterocycles. The zero-order valence-corrected chi connectivity index (χ0v) is 19.3. The molecule has 2 atom stereocenters. The predicted octanol–water partition coefficient (Wildman–Crippen LogP) is 4.88. The van der Waals surface area contributed by atoms with Crippen LogP contribution < -0.4 is 15.0 Å². The molecule has 0 amide bonds. The average Bonchev–Trinajstić information content (AvgIpc) is 3.27. The minimum absolute atomic E-state index is 0.0799. The van der Waals surface area contributed by atoms with Crippen molar-refractivity contribution in [2.75, 3.05) is 25.2 Å². The van der Waals surface area contributed by atoms with Gasteiger partial charge in [-0.05, 0) is 68.0 Å². The minimum Gasteiger partial charge on any atom is -0.490 e. The summed E-state index contributed by atoms with van der Waals surface area (Å²) in [7, 11) is 1.64. The van der Waals surface area contributed by atoms with Gasteiger partial charge >= 0.3 is 0 Å². The van der Waals surface area contributed by atoms with E-state index in [0.29, 0.717) is 29.1 Å². The maximum absolute atomic E-state index is 6.54. The molecule has 2 unspecified atom stereocenters. The Hall–Kier alpha value is -2.61. The van der Waals surface area contributed by atoms with Crippen LogP contribution >= 0.6 is 23.8 Å². The highest BCUT2D eigenvalue weighted by Crippen LogP contribution is 2.44. The van der Waals surface area contributed by atoms with Crippen LogP contribution in [-0.4, -0.2) is 35.4 Å². The molecular formula is C23H25ClN4O2S. The fraction of sp³-hybridized carbons (Fsp3) is 0.304. The number of halogens is 1. The quantitative estimate of drug-likeness (QED) is 0.390. The molecule has 6 nitrogen and oxygen atoms in total. The van der Waals surface area contributed by atoms with E-state index in [1.165, 1.54) is 0 Å². The molecule has 4 rings (SSSR count). The van der Waals surface area contributed by atoms with Gasteiger partial charge in [-0.2, -0.15) is 0 Å². The van der Waals surface area contributed by atoms with Crippen molar-refractivity contribution in [3.8, 4) is 5.75 Å². The van der Waals surface area contributed by atoms with E-state index in [2.05, 4.69) is 40.1 Å². The first-order valence-corrected chi connectivity index (χ1v) is 10.9. The maximum Gasteiger partial charge on any atom is 0.174 e. The van der Waals surface area contributed by atoms with Crippen molar-refractivity contribution in [1.82, 2.24) is 15.3 Å². The van der Waals surface area contributed by atoms with Gasteiger partial charge < -0.3 is 24.7 Å². The topological polar surface area (TPSA) is 62.4 Å². The smallest absolute Gasteiger partial charge is 0.174 e. The average molecular weight is 457 g/mol. The second-order valence-corrected chi connectivity index (χ2v) is 8.28. The van der Waals surface area contributed by atoms with Gasteiger partial charge in [-0.3, -0.25) is 4.98 Å². The number of H-pyrrole nitrogens is 1. The van der Waals surface area contributed by atoms with Gasteiger partial charge in [-0.1, -0.05) is 17.7 Å². The van der Waals surface area contributed by atoms with E-state index in [-0.39, 0.29) is 12.1 Å². The number of rotatable bonds is 7. The van der Waals surface area contributed by atoms with Crippen LogP contribution in [0.15, 0.2) is 48.7 Å². The number of benzene rings is 1. The van der Waals surface area contributed by atoms with Crippen molar-refractivity contribution in [2.45, 2.75) is 25.9 Å². The van der Waals surface area contributed by atoms with Crippen LogP contribution in [0, 0.1) is 13.8 Å². The molecule has 31 heavy (non-hydrogen) atoms. The second kappa shape index (κ2) is 9.26. The van der Waals surface area contributed by atoms with Crippen LogP contribution in [0.1, 0.15) is 34.7 Å². The molecule has 2 aromatic heterocycles. The number of aromatic amines is 1. The summed E-state index contributed by atoms with van der Waals surface area (Å²) in [5, 5.41) is 4.62. The van der Waals surface area contributed by atoms with Gasteiger partial charge in [0.05, 0.1) is 29.4 Å². The first-order valence-electron chi connectivity index (χ1n) is 10.1. The maximum atomic E-state index is 6.54. The van der Waals surface area contributed by atoms with Crippen LogP contribution in [0.4, 0.5) is 5.69 Å². The summed E-state index contributed by atoms with van der Waals surface area (Å²) in [6.07, 6.45) is 1.80. The number of methoxy groups -OCH3 is 1. The Bertz CT molecular complexity index is 1070. The molecule has 1 fully saturated rings. The highest BCUT2D eigenvalue weighted by molar-refractivity contribution is 7.80. The highest BCUT2D eigenvalue weighted by Gasteiger charge is 2.41. The van der Waals surface area contributed by atoms with Gasteiger partial charge in [-0.25, -0.2) is 0 Å². The third-order valence-corrected chi connectivity index (χ3v) is 5.96. The van der Waals surface area contributed by atoms with Gasteiger partial charge in [0.25, 0.3) is 0 Å². The number of pyridine rings is 1. The van der Waals surface area contributed by atoms with Crippen molar-refractivity contribution in [3.63, 3.8) is 0 Å². The molecule has 1 aromatic carbocycles. The lowest BCUT2D eigenvalue weighted by Crippen LogP contribution is -2.29. The van der Waals surface area contributed by atoms with Crippen molar-refractivity contribution >= 4 is 34.6 Å². The van der Waals surface area contributed by atoms with E-state index in [4.69, 9.17) is 33.3 Å². The van der Waals surface area contributed by atoms with Crippen molar-refractivity contribution in [1.29, 1.82) is 0 Å². The van der Waals surface area contributed by atoms with Crippen molar-refractivity contribution in [2.24, 2.45) is 0 Å². The van der Waals surface area contributed by atoms with Gasteiger partial charge in [0, 0.05) is 30.4 Å². The minimum atomic E-state index is -0.0981. The third-order valence-electron chi connectivity index (χ3n) is 5.35. The summed E-state index contributed by atoms with van der Waals surface area (Å²) in [4.78, 5) is 10.1. The van der Waals surface area contributed by atoms with E-state index in [1.807, 2.05) is 36.4 Å². The van der Waals surface area contributed by atoms with Gasteiger partial charge in [0.15, 0.2) is 5.11 Å². The van der Waals surface area contributed by atoms with Crippen LogP contribution in [0.5, 0.6) is 5.75 Å². The van der Waals surface area contributed by atoms with Gasteiger partial charge in [0.2, 0.25) is 0 Å². The summed E-state index contributed by atoms with van der Waals surface area (Å²) in [5.74, 6) is 0.618. The lowest BCUT2D eigenvalue weighted by Gasteiger charge is -2.28. The number of ether oxygens (including phenoxy) is 2. The van der Waals surface area contributed by atoms with Crippen LogP contribution in [-0.2, 0) is 4.74 Å². The van der Waals surface area contributed by atoms with Gasteiger partial charge in [-0.15, -0.1) is 0 Å². The summed E-state index contributed by atoms with van der Waals surface area (Å²) in [6, 6.07) is 13.7. The Kier molecular flexibility index (Phi) is 6.46. The van der Waals surface area contributed by atoms with E-state index < -0.39 is 0 Å². The molecule has 162 valence electrons. The second-order valence-electron chi connectivity index (χ2n) is 7.49. The normalized spacial score (nSPS) is 18.3. The Morgan fingerprint density at radius 3 is 2.65 bits per heavy atom. The molecular weight excluding hydrogens is 432 g/mol. The van der Waals surface area contributed by atoms with Crippen LogP contribution in [0.2, 0.25) is 5.02 Å². The lowest BCUT2D eigenvalue weighted by molar-refractivity contribution is 0.146. The van der Waals surface area contributed by atoms with Crippen molar-refractivity contribution < 1.29 is 9.47 Å².